The molecule has 0 saturated heterocycles. The molecule has 8 aromatic heterocycles. The summed E-state index contributed by atoms with van der Waals surface area (Å²) in [5.41, 5.74) is 19.6. The van der Waals surface area contributed by atoms with E-state index in [-0.39, 0.29) is 0 Å². The van der Waals surface area contributed by atoms with E-state index in [1.165, 1.54) is 88.8 Å². The van der Waals surface area contributed by atoms with Crippen LogP contribution in [0.15, 0.2) is 482 Å². The van der Waals surface area contributed by atoms with E-state index in [4.69, 9.17) is 48.7 Å². The lowest BCUT2D eigenvalue weighted by atomic mass is 9.99. The second-order valence-corrected chi connectivity index (χ2v) is 38.7. The lowest BCUT2D eigenvalue weighted by molar-refractivity contribution is 0.669. The predicted molar refractivity (Wildman–Crippen MR) is 605 cm³/mol. The summed E-state index contributed by atoms with van der Waals surface area (Å²) in [7, 11) is 0. The van der Waals surface area contributed by atoms with Gasteiger partial charge in [-0.3, -0.25) is 0 Å². The smallest absolute Gasteiger partial charge is 0.160 e. The number of fused-ring (bicyclic) bond motifs is 30. The van der Waals surface area contributed by atoms with Gasteiger partial charge in [0, 0.05) is 139 Å². The Morgan fingerprint density at radius 2 is 0.444 bits per heavy atom. The molecule has 0 atom stereocenters. The first-order valence-electron chi connectivity index (χ1n) is 48.3. The third-order valence-electron chi connectivity index (χ3n) is 28.0. The van der Waals surface area contributed by atoms with Crippen LogP contribution in [0.2, 0.25) is 0 Å². The Hall–Kier alpha value is -18.7. The zero-order chi connectivity index (χ0) is 94.8. The zero-order valence-electron chi connectivity index (χ0n) is 77.2. The van der Waals surface area contributed by atoms with Crippen LogP contribution in [-0.2, 0) is 0 Å². The van der Waals surface area contributed by atoms with Gasteiger partial charge in [-0.25, -0.2) is 39.9 Å². The van der Waals surface area contributed by atoms with Crippen molar-refractivity contribution in [2.24, 2.45) is 0 Å². The summed E-state index contributed by atoms with van der Waals surface area (Å²) in [6.45, 7) is 0. The molecule has 0 N–H and O–H groups in total. The molecule has 0 amide bonds. The van der Waals surface area contributed by atoms with Gasteiger partial charge in [-0.2, -0.15) is 0 Å². The average molecular weight is 1870 g/mol. The molecule has 0 aliphatic rings. The SMILES string of the molecule is c1ccc(-c2nc(-c3ccc4ccc5oc6ccccc6c5c4c3)nc3c2ccc2ccccc23)cc1.c1ccc(-c2nc(-c3ccc4ccc5oc6ccccc6c5c4c3)nc3ccccc23)cc1.c1ccc(-c2nc(-c3ccc4ccc5sc6ccccc6c5c4c3)nc3c2ccc2ccccc23)cc1.c1ccc(-c2nc(-c3ccc4ccc5sc6ccccc6c5c4c3)nc3ccc4ccccc4c23)cc1. The standard InChI is InChI=1S/C34H20N2O.2C34H20N2S.C30H18N2O/c1-2-9-23(10-3-1)32-27-18-16-21-8-4-5-11-25(21)33(27)36-34(35-32)24-15-14-22-17-19-30-31(28(22)20-24)26-12-6-7-13-29(26)37-30;1-2-9-23(10-3-1)33-32-25-11-5-4-8-21(25)16-18-28(32)35-34(36-33)24-15-14-22-17-19-30-31(27(22)20-24)26-12-6-7-13-29(26)37-30;1-2-9-23(10-3-1)32-27-18-16-21-8-4-5-11-25(21)33(27)36-34(35-32)24-15-14-22-17-19-30-31(28(22)20-24)26-12-6-7-13-29(26)37-30;1-2-8-20(9-3-1)29-22-10-4-6-12-25(22)31-30(32-29)21-15-14-19-16-17-27-28(24(19)18-21)23-11-5-7-13-26(23)33-27/h3*1-20H;1-18H. The first-order chi connectivity index (χ1) is 71.3. The number of nitrogens with zero attached hydrogens (tertiary/aromatic N) is 8. The summed E-state index contributed by atoms with van der Waals surface area (Å²) in [5, 5.41) is 30.6. The van der Waals surface area contributed by atoms with Gasteiger partial charge in [0.1, 0.15) is 22.3 Å². The van der Waals surface area contributed by atoms with Crippen molar-refractivity contribution in [1.82, 2.24) is 39.9 Å². The number of para-hydroxylation sites is 3. The fraction of sp³-hybridized carbons (Fsp3) is 0. The van der Waals surface area contributed by atoms with Gasteiger partial charge in [0.15, 0.2) is 23.3 Å². The topological polar surface area (TPSA) is 129 Å². The maximum atomic E-state index is 6.16. The highest BCUT2D eigenvalue weighted by atomic mass is 32.1. The van der Waals surface area contributed by atoms with E-state index in [0.29, 0.717) is 0 Å². The molecule has 0 aliphatic carbocycles. The largest absolute Gasteiger partial charge is 0.456 e. The molecule has 144 heavy (non-hydrogen) atoms. The quantitative estimate of drug-likeness (QED) is 0.136. The third kappa shape index (κ3) is 14.5. The monoisotopic (exact) mass is 1870 g/mol. The van der Waals surface area contributed by atoms with E-state index in [2.05, 4.69) is 400 Å². The highest BCUT2D eigenvalue weighted by Gasteiger charge is 2.24. The van der Waals surface area contributed by atoms with Crippen LogP contribution < -0.4 is 0 Å². The summed E-state index contributed by atoms with van der Waals surface area (Å²) in [6, 6.07) is 165. The van der Waals surface area contributed by atoms with E-state index in [9.17, 15) is 0 Å². The Morgan fingerprint density at radius 1 is 0.146 bits per heavy atom. The van der Waals surface area contributed by atoms with Crippen molar-refractivity contribution < 1.29 is 8.83 Å². The normalized spacial score (nSPS) is 11.8. The van der Waals surface area contributed by atoms with Crippen LogP contribution in [-0.4, -0.2) is 39.9 Å². The number of thiophene rings is 2. The first-order valence-corrected chi connectivity index (χ1v) is 49.9. The minimum atomic E-state index is 0.717. The Morgan fingerprint density at radius 3 is 0.889 bits per heavy atom. The van der Waals surface area contributed by atoms with E-state index in [1.807, 2.05) is 95.5 Å². The zero-order valence-corrected chi connectivity index (χ0v) is 78.9. The fourth-order valence-electron chi connectivity index (χ4n) is 21.2. The lowest BCUT2D eigenvalue weighted by Crippen LogP contribution is -1.96. The molecule has 0 radical (unpaired) electrons. The third-order valence-corrected chi connectivity index (χ3v) is 30.3. The Labute approximate surface area is 832 Å². The van der Waals surface area contributed by atoms with Gasteiger partial charge >= 0.3 is 0 Å². The molecule has 23 aromatic carbocycles. The van der Waals surface area contributed by atoms with Crippen molar-refractivity contribution in [2.45, 2.75) is 0 Å². The van der Waals surface area contributed by atoms with Crippen molar-refractivity contribution in [3.05, 3.63) is 473 Å². The van der Waals surface area contributed by atoms with Crippen molar-refractivity contribution in [3.63, 3.8) is 0 Å². The highest BCUT2D eigenvalue weighted by Crippen LogP contribution is 2.47. The molecule has 31 rings (SSSR count). The molecule has 0 fully saturated rings. The Balaban J connectivity index is 0.0000000935. The van der Waals surface area contributed by atoms with Crippen LogP contribution in [0.4, 0.5) is 0 Å². The molecule has 8 heterocycles. The molecular formula is C132H78N8O2S2. The summed E-state index contributed by atoms with van der Waals surface area (Å²) >= 11 is 3.70. The number of hydrogen-bond acceptors (Lipinski definition) is 12. The highest BCUT2D eigenvalue weighted by molar-refractivity contribution is 7.26. The Kier molecular flexibility index (Phi) is 20.1. The number of hydrogen-bond donors (Lipinski definition) is 0. The lowest BCUT2D eigenvalue weighted by Gasteiger charge is -2.12. The van der Waals surface area contributed by atoms with Gasteiger partial charge in [0.25, 0.3) is 0 Å². The van der Waals surface area contributed by atoms with Gasteiger partial charge in [0.2, 0.25) is 0 Å². The molecule has 0 saturated carbocycles. The maximum absolute atomic E-state index is 6.16. The molecular weight excluding hydrogens is 1790 g/mol. The van der Waals surface area contributed by atoms with E-state index in [1.54, 1.807) is 0 Å². The number of rotatable bonds is 8. The van der Waals surface area contributed by atoms with Crippen LogP contribution >= 0.6 is 22.7 Å². The van der Waals surface area contributed by atoms with E-state index in [0.717, 1.165) is 205 Å². The number of furan rings is 2. The van der Waals surface area contributed by atoms with Gasteiger partial charge < -0.3 is 8.83 Å². The van der Waals surface area contributed by atoms with Gasteiger partial charge in [-0.15, -0.1) is 22.7 Å². The minimum absolute atomic E-state index is 0.717. The number of benzene rings is 23. The Bertz CT molecular complexity index is 10300. The molecule has 0 spiro atoms. The number of aromatic nitrogens is 8. The molecule has 31 aromatic rings. The van der Waals surface area contributed by atoms with Crippen LogP contribution in [0, 0.1) is 0 Å². The van der Waals surface area contributed by atoms with Crippen molar-refractivity contribution in [2.75, 3.05) is 0 Å². The van der Waals surface area contributed by atoms with E-state index < -0.39 is 0 Å². The van der Waals surface area contributed by atoms with Crippen molar-refractivity contribution >= 4 is 226 Å². The first kappa shape index (κ1) is 83.4. The molecule has 0 unspecified atom stereocenters. The van der Waals surface area contributed by atoms with Crippen LogP contribution in [0.3, 0.4) is 0 Å². The fourth-order valence-corrected chi connectivity index (χ4v) is 23.4. The summed E-state index contributed by atoms with van der Waals surface area (Å²) in [5.74, 6) is 2.94. The van der Waals surface area contributed by atoms with E-state index >= 15 is 0 Å². The maximum Gasteiger partial charge on any atom is 0.160 e. The second kappa shape index (κ2) is 34.7. The molecule has 12 heteroatoms. The molecule has 0 aliphatic heterocycles. The predicted octanol–water partition coefficient (Wildman–Crippen LogP) is 36.5. The van der Waals surface area contributed by atoms with Crippen LogP contribution in [0.1, 0.15) is 0 Å². The summed E-state index contributed by atoms with van der Waals surface area (Å²) in [4.78, 5) is 41.0. The summed E-state index contributed by atoms with van der Waals surface area (Å²) in [6.07, 6.45) is 0. The minimum Gasteiger partial charge on any atom is -0.456 e. The second-order valence-electron chi connectivity index (χ2n) is 36.5. The molecule has 10 nitrogen and oxygen atoms in total. The van der Waals surface area contributed by atoms with Crippen LogP contribution in [0.5, 0.6) is 0 Å². The average Bonchev–Trinajstić information content (AvgIpc) is 1.72. The summed E-state index contributed by atoms with van der Waals surface area (Å²) < 4.78 is 17.5. The molecule has 0 bridgehead atoms. The van der Waals surface area contributed by atoms with Gasteiger partial charge in [-0.1, -0.05) is 376 Å². The van der Waals surface area contributed by atoms with Gasteiger partial charge in [0.05, 0.1) is 44.8 Å². The molecule has 670 valence electrons. The van der Waals surface area contributed by atoms with Crippen molar-refractivity contribution in [1.29, 1.82) is 0 Å². The van der Waals surface area contributed by atoms with Gasteiger partial charge in [-0.05, 0) is 162 Å². The van der Waals surface area contributed by atoms with Crippen LogP contribution in [0.25, 0.3) is 294 Å². The van der Waals surface area contributed by atoms with Crippen molar-refractivity contribution in [3.8, 4) is 90.6 Å².